The standard InChI is InChI=1S/C15H23NO4S/c1-21(18,19)14-6-2-5-13(10-14)20-9-7-12-4-3-8-15(12,17)11-16/h2,5-6,10,12,17H,3-4,7-9,11,16H2,1H3. The van der Waals surface area contributed by atoms with E-state index in [-0.39, 0.29) is 17.4 Å². The molecule has 0 saturated heterocycles. The molecular formula is C15H23NO4S. The molecule has 6 heteroatoms. The van der Waals surface area contributed by atoms with E-state index < -0.39 is 15.4 Å². The number of ether oxygens (including phenoxy) is 1. The molecule has 0 aliphatic heterocycles. The number of nitrogens with two attached hydrogens (primary N) is 1. The van der Waals surface area contributed by atoms with Crippen molar-refractivity contribution in [3.63, 3.8) is 0 Å². The van der Waals surface area contributed by atoms with Crippen LogP contribution < -0.4 is 10.5 Å². The van der Waals surface area contributed by atoms with Gasteiger partial charge in [0.25, 0.3) is 0 Å². The molecular weight excluding hydrogens is 290 g/mol. The number of hydrogen-bond donors (Lipinski definition) is 2. The van der Waals surface area contributed by atoms with Crippen molar-refractivity contribution in [1.82, 2.24) is 0 Å². The molecule has 0 amide bonds. The first kappa shape index (κ1) is 16.3. The zero-order valence-corrected chi connectivity index (χ0v) is 13.1. The number of aliphatic hydroxyl groups is 1. The number of sulfone groups is 1. The molecule has 5 nitrogen and oxygen atoms in total. The minimum Gasteiger partial charge on any atom is -0.494 e. The topological polar surface area (TPSA) is 89.6 Å². The highest BCUT2D eigenvalue weighted by Gasteiger charge is 2.39. The predicted octanol–water partition coefficient (Wildman–Crippen LogP) is 1.35. The Kier molecular flexibility index (Phi) is 4.91. The lowest BCUT2D eigenvalue weighted by molar-refractivity contribution is 0.00354. The van der Waals surface area contributed by atoms with Gasteiger partial charge in [0.15, 0.2) is 9.84 Å². The first-order chi connectivity index (χ1) is 9.85. The van der Waals surface area contributed by atoms with Crippen LogP contribution in [0.4, 0.5) is 0 Å². The molecule has 1 aromatic carbocycles. The summed E-state index contributed by atoms with van der Waals surface area (Å²) in [6.07, 6.45) is 4.59. The third-order valence-corrected chi connectivity index (χ3v) is 5.35. The first-order valence-electron chi connectivity index (χ1n) is 7.20. The van der Waals surface area contributed by atoms with E-state index in [1.54, 1.807) is 18.2 Å². The average molecular weight is 313 g/mol. The molecule has 1 fully saturated rings. The fourth-order valence-corrected chi connectivity index (χ4v) is 3.58. The molecule has 0 heterocycles. The molecule has 21 heavy (non-hydrogen) atoms. The lowest BCUT2D eigenvalue weighted by Gasteiger charge is -2.28. The van der Waals surface area contributed by atoms with E-state index in [0.717, 1.165) is 25.7 Å². The summed E-state index contributed by atoms with van der Waals surface area (Å²) in [4.78, 5) is 0.249. The second-order valence-electron chi connectivity index (χ2n) is 5.78. The van der Waals surface area contributed by atoms with Gasteiger partial charge in [0.1, 0.15) is 5.75 Å². The Morgan fingerprint density at radius 2 is 2.24 bits per heavy atom. The Balaban J connectivity index is 1.92. The summed E-state index contributed by atoms with van der Waals surface area (Å²) in [5.74, 6) is 0.688. The van der Waals surface area contributed by atoms with Gasteiger partial charge in [-0.05, 0) is 43.4 Å². The maximum absolute atomic E-state index is 11.5. The smallest absolute Gasteiger partial charge is 0.175 e. The van der Waals surface area contributed by atoms with E-state index in [2.05, 4.69) is 0 Å². The molecule has 2 atom stereocenters. The van der Waals surface area contributed by atoms with Gasteiger partial charge in [-0.15, -0.1) is 0 Å². The van der Waals surface area contributed by atoms with E-state index >= 15 is 0 Å². The van der Waals surface area contributed by atoms with Gasteiger partial charge in [0.2, 0.25) is 0 Å². The Bertz CT molecular complexity index is 587. The Hall–Kier alpha value is -1.11. The molecule has 2 unspecified atom stereocenters. The van der Waals surface area contributed by atoms with Crippen molar-refractivity contribution < 1.29 is 18.3 Å². The summed E-state index contributed by atoms with van der Waals surface area (Å²) in [5, 5.41) is 10.3. The van der Waals surface area contributed by atoms with Crippen LogP contribution in [0.3, 0.4) is 0 Å². The summed E-state index contributed by atoms with van der Waals surface area (Å²) in [5.41, 5.74) is 4.89. The van der Waals surface area contributed by atoms with Crippen molar-refractivity contribution in [3.8, 4) is 5.75 Å². The molecule has 1 aliphatic carbocycles. The lowest BCUT2D eigenvalue weighted by atomic mass is 9.88. The van der Waals surface area contributed by atoms with E-state index in [0.29, 0.717) is 12.4 Å². The van der Waals surface area contributed by atoms with Crippen LogP contribution in [0.2, 0.25) is 0 Å². The fraction of sp³-hybridized carbons (Fsp3) is 0.600. The second kappa shape index (κ2) is 6.34. The van der Waals surface area contributed by atoms with Crippen molar-refractivity contribution >= 4 is 9.84 Å². The van der Waals surface area contributed by atoms with Crippen molar-refractivity contribution in [3.05, 3.63) is 24.3 Å². The third kappa shape index (κ3) is 3.96. The van der Waals surface area contributed by atoms with Gasteiger partial charge < -0.3 is 15.6 Å². The number of benzene rings is 1. The first-order valence-corrected chi connectivity index (χ1v) is 9.10. The van der Waals surface area contributed by atoms with Gasteiger partial charge in [-0.3, -0.25) is 0 Å². The molecule has 0 radical (unpaired) electrons. The van der Waals surface area contributed by atoms with Gasteiger partial charge in [-0.1, -0.05) is 12.5 Å². The largest absolute Gasteiger partial charge is 0.494 e. The van der Waals surface area contributed by atoms with E-state index in [1.807, 2.05) is 0 Å². The van der Waals surface area contributed by atoms with Crippen molar-refractivity contribution in [2.24, 2.45) is 11.7 Å². The molecule has 0 aromatic heterocycles. The second-order valence-corrected chi connectivity index (χ2v) is 7.80. The molecule has 1 saturated carbocycles. The van der Waals surface area contributed by atoms with Crippen molar-refractivity contribution in [1.29, 1.82) is 0 Å². The van der Waals surface area contributed by atoms with E-state index in [1.165, 1.54) is 12.3 Å². The number of hydrogen-bond acceptors (Lipinski definition) is 5. The highest BCUT2D eigenvalue weighted by Crippen LogP contribution is 2.37. The number of rotatable bonds is 6. The van der Waals surface area contributed by atoms with Crippen molar-refractivity contribution in [2.45, 2.75) is 36.2 Å². The van der Waals surface area contributed by atoms with E-state index in [9.17, 15) is 13.5 Å². The summed E-state index contributed by atoms with van der Waals surface area (Å²) in [6.45, 7) is 0.724. The average Bonchev–Trinajstić information content (AvgIpc) is 2.81. The Morgan fingerprint density at radius 3 is 2.90 bits per heavy atom. The monoisotopic (exact) mass is 313 g/mol. The highest BCUT2D eigenvalue weighted by molar-refractivity contribution is 7.90. The molecule has 1 aliphatic rings. The minimum atomic E-state index is -3.23. The van der Waals surface area contributed by atoms with Gasteiger partial charge in [-0.2, -0.15) is 0 Å². The zero-order valence-electron chi connectivity index (χ0n) is 12.3. The summed E-state index contributed by atoms with van der Waals surface area (Å²) in [7, 11) is -3.23. The minimum absolute atomic E-state index is 0.153. The van der Waals surface area contributed by atoms with Crippen LogP contribution in [0.1, 0.15) is 25.7 Å². The van der Waals surface area contributed by atoms with Crippen LogP contribution in [0, 0.1) is 5.92 Å². The quantitative estimate of drug-likeness (QED) is 0.827. The van der Waals surface area contributed by atoms with Crippen LogP contribution >= 0.6 is 0 Å². The van der Waals surface area contributed by atoms with Gasteiger partial charge >= 0.3 is 0 Å². The molecule has 118 valence electrons. The summed E-state index contributed by atoms with van der Waals surface area (Å²) >= 11 is 0. The summed E-state index contributed by atoms with van der Waals surface area (Å²) < 4.78 is 28.6. The third-order valence-electron chi connectivity index (χ3n) is 4.24. The van der Waals surface area contributed by atoms with Crippen molar-refractivity contribution in [2.75, 3.05) is 19.4 Å². The van der Waals surface area contributed by atoms with Gasteiger partial charge in [0.05, 0.1) is 17.1 Å². The van der Waals surface area contributed by atoms with Crippen LogP contribution in [-0.4, -0.2) is 38.5 Å². The van der Waals surface area contributed by atoms with Crippen LogP contribution in [-0.2, 0) is 9.84 Å². The maximum atomic E-state index is 11.5. The van der Waals surface area contributed by atoms with Gasteiger partial charge in [-0.25, -0.2) is 8.42 Å². The predicted molar refractivity (Wildman–Crippen MR) is 81.0 cm³/mol. The van der Waals surface area contributed by atoms with Gasteiger partial charge in [0, 0.05) is 12.8 Å². The normalized spacial score (nSPS) is 26.0. The van der Waals surface area contributed by atoms with Crippen LogP contribution in [0.25, 0.3) is 0 Å². The zero-order chi connectivity index (χ0) is 15.5. The molecule has 0 bridgehead atoms. The van der Waals surface area contributed by atoms with Crippen LogP contribution in [0.5, 0.6) is 5.75 Å². The lowest BCUT2D eigenvalue weighted by Crippen LogP contribution is -2.41. The SMILES string of the molecule is CS(=O)(=O)c1cccc(OCCC2CCCC2(O)CN)c1. The Labute approximate surface area is 126 Å². The summed E-state index contributed by atoms with van der Waals surface area (Å²) in [6, 6.07) is 6.47. The highest BCUT2D eigenvalue weighted by atomic mass is 32.2. The molecule has 1 aromatic rings. The molecule has 2 rings (SSSR count). The maximum Gasteiger partial charge on any atom is 0.175 e. The Morgan fingerprint density at radius 1 is 1.48 bits per heavy atom. The van der Waals surface area contributed by atoms with E-state index in [4.69, 9.17) is 10.5 Å². The molecule has 3 N–H and O–H groups in total. The fourth-order valence-electron chi connectivity index (χ4n) is 2.92. The molecule has 0 spiro atoms. The van der Waals surface area contributed by atoms with Crippen LogP contribution in [0.15, 0.2) is 29.2 Å².